The van der Waals surface area contributed by atoms with Crippen LogP contribution in [-0.4, -0.2) is 24.9 Å². The first-order valence-electron chi connectivity index (χ1n) is 8.26. The van der Waals surface area contributed by atoms with Gasteiger partial charge in [0, 0.05) is 28.5 Å². The maximum absolute atomic E-state index is 12.1. The summed E-state index contributed by atoms with van der Waals surface area (Å²) in [4.78, 5) is 24.0. The van der Waals surface area contributed by atoms with Crippen LogP contribution in [0.2, 0.25) is 5.02 Å². The third kappa shape index (κ3) is 6.47. The van der Waals surface area contributed by atoms with Crippen LogP contribution in [0.25, 0.3) is 0 Å². The van der Waals surface area contributed by atoms with Crippen molar-refractivity contribution in [3.8, 4) is 0 Å². The Balaban J connectivity index is 1.87. The summed E-state index contributed by atoms with van der Waals surface area (Å²) >= 11 is 5.89. The normalized spacial score (nSPS) is 10.2. The number of carbonyl (C=O) groups is 2. The molecule has 0 spiro atoms. The molecule has 6 heteroatoms. The van der Waals surface area contributed by atoms with Gasteiger partial charge >= 0.3 is 0 Å². The predicted octanol–water partition coefficient (Wildman–Crippen LogP) is 3.92. The Labute approximate surface area is 152 Å². The first-order chi connectivity index (χ1) is 12.1. The molecule has 0 aromatic heterocycles. The molecule has 0 saturated heterocycles. The molecule has 2 rings (SSSR count). The van der Waals surface area contributed by atoms with Crippen LogP contribution in [0, 0.1) is 0 Å². The number of rotatable bonds is 8. The topological polar surface area (TPSA) is 70.2 Å². The number of unbranched alkanes of at least 4 members (excludes halogenated alkanes) is 1. The van der Waals surface area contributed by atoms with Crippen molar-refractivity contribution in [2.75, 3.05) is 23.7 Å². The second kappa shape index (κ2) is 9.69. The first kappa shape index (κ1) is 18.8. The fourth-order valence-corrected chi connectivity index (χ4v) is 2.40. The van der Waals surface area contributed by atoms with Crippen molar-refractivity contribution >= 4 is 34.8 Å². The predicted molar refractivity (Wildman–Crippen MR) is 102 cm³/mol. The van der Waals surface area contributed by atoms with E-state index in [4.69, 9.17) is 11.6 Å². The van der Waals surface area contributed by atoms with Gasteiger partial charge in [0.15, 0.2) is 0 Å². The molecule has 0 radical (unpaired) electrons. The summed E-state index contributed by atoms with van der Waals surface area (Å²) < 4.78 is 0. The standard InChI is InChI=1S/C19H22ClN3O2/c1-2-3-10-21-19(25)14-6-4-8-16(11-14)22-13-18(24)23-17-9-5-7-15(20)12-17/h4-9,11-12,22H,2-3,10,13H2,1H3,(H,21,25)(H,23,24). The molecule has 0 aliphatic carbocycles. The minimum Gasteiger partial charge on any atom is -0.376 e. The van der Waals surface area contributed by atoms with Crippen LogP contribution in [0.5, 0.6) is 0 Å². The van der Waals surface area contributed by atoms with Crippen LogP contribution in [0.1, 0.15) is 30.1 Å². The molecule has 132 valence electrons. The van der Waals surface area contributed by atoms with Crippen molar-refractivity contribution in [2.45, 2.75) is 19.8 Å². The molecule has 0 aliphatic heterocycles. The number of anilines is 2. The molecule has 0 bridgehead atoms. The van der Waals surface area contributed by atoms with E-state index in [1.165, 1.54) is 0 Å². The van der Waals surface area contributed by atoms with Crippen molar-refractivity contribution in [1.29, 1.82) is 0 Å². The van der Waals surface area contributed by atoms with Crippen molar-refractivity contribution in [3.63, 3.8) is 0 Å². The summed E-state index contributed by atoms with van der Waals surface area (Å²) in [7, 11) is 0. The van der Waals surface area contributed by atoms with E-state index in [1.54, 1.807) is 42.5 Å². The Morgan fingerprint density at radius 3 is 2.56 bits per heavy atom. The Morgan fingerprint density at radius 2 is 1.80 bits per heavy atom. The molecule has 5 nitrogen and oxygen atoms in total. The zero-order valence-electron chi connectivity index (χ0n) is 14.1. The highest BCUT2D eigenvalue weighted by Crippen LogP contribution is 2.15. The number of halogens is 1. The van der Waals surface area contributed by atoms with Crippen molar-refractivity contribution in [3.05, 3.63) is 59.1 Å². The van der Waals surface area contributed by atoms with E-state index in [2.05, 4.69) is 22.9 Å². The monoisotopic (exact) mass is 359 g/mol. The quantitative estimate of drug-likeness (QED) is 0.625. The smallest absolute Gasteiger partial charge is 0.251 e. The molecule has 2 amide bonds. The Hall–Kier alpha value is -2.53. The van der Waals surface area contributed by atoms with E-state index in [0.717, 1.165) is 12.8 Å². The molecule has 0 saturated carbocycles. The van der Waals surface area contributed by atoms with Gasteiger partial charge in [0.2, 0.25) is 5.91 Å². The third-order valence-corrected chi connectivity index (χ3v) is 3.74. The van der Waals surface area contributed by atoms with Gasteiger partial charge in [0.05, 0.1) is 6.54 Å². The van der Waals surface area contributed by atoms with Crippen molar-refractivity contribution in [2.24, 2.45) is 0 Å². The second-order valence-electron chi connectivity index (χ2n) is 5.60. The van der Waals surface area contributed by atoms with Crippen LogP contribution in [0.3, 0.4) is 0 Å². The molecule has 2 aromatic carbocycles. The van der Waals surface area contributed by atoms with Gasteiger partial charge in [0.1, 0.15) is 0 Å². The first-order valence-corrected chi connectivity index (χ1v) is 8.64. The summed E-state index contributed by atoms with van der Waals surface area (Å²) in [5, 5.41) is 9.21. The Kier molecular flexibility index (Phi) is 7.29. The number of carbonyl (C=O) groups excluding carboxylic acids is 2. The van der Waals surface area contributed by atoms with Crippen LogP contribution in [0.4, 0.5) is 11.4 Å². The third-order valence-electron chi connectivity index (χ3n) is 3.50. The van der Waals surface area contributed by atoms with Crippen molar-refractivity contribution < 1.29 is 9.59 Å². The number of hydrogen-bond donors (Lipinski definition) is 3. The summed E-state index contributed by atoms with van der Waals surface area (Å²) in [5.74, 6) is -0.305. The van der Waals surface area contributed by atoms with E-state index in [1.807, 2.05) is 6.07 Å². The molecule has 0 atom stereocenters. The Morgan fingerprint density at radius 1 is 1.04 bits per heavy atom. The SMILES string of the molecule is CCCCNC(=O)c1cccc(NCC(=O)Nc2cccc(Cl)c2)c1. The highest BCUT2D eigenvalue weighted by Gasteiger charge is 2.07. The largest absolute Gasteiger partial charge is 0.376 e. The zero-order valence-corrected chi connectivity index (χ0v) is 14.9. The van der Waals surface area contributed by atoms with E-state index >= 15 is 0 Å². The van der Waals surface area contributed by atoms with E-state index in [9.17, 15) is 9.59 Å². The fourth-order valence-electron chi connectivity index (χ4n) is 2.20. The summed E-state index contributed by atoms with van der Waals surface area (Å²) in [5.41, 5.74) is 1.92. The molecule has 3 N–H and O–H groups in total. The van der Waals surface area contributed by atoms with Crippen molar-refractivity contribution in [1.82, 2.24) is 5.32 Å². The molecule has 0 unspecified atom stereocenters. The minimum absolute atomic E-state index is 0.0907. The fraction of sp³-hybridized carbons (Fsp3) is 0.263. The molecular formula is C19H22ClN3O2. The number of benzene rings is 2. The molecule has 2 aromatic rings. The lowest BCUT2D eigenvalue weighted by atomic mass is 10.2. The van der Waals surface area contributed by atoms with Gasteiger partial charge in [-0.1, -0.05) is 37.1 Å². The summed E-state index contributed by atoms with van der Waals surface area (Å²) in [6.07, 6.45) is 1.98. The lowest BCUT2D eigenvalue weighted by molar-refractivity contribution is -0.114. The second-order valence-corrected chi connectivity index (χ2v) is 6.04. The lowest BCUT2D eigenvalue weighted by Gasteiger charge is -2.10. The molecule has 25 heavy (non-hydrogen) atoms. The van der Waals surface area contributed by atoms with E-state index in [0.29, 0.717) is 28.5 Å². The van der Waals surface area contributed by atoms with E-state index in [-0.39, 0.29) is 18.4 Å². The number of amides is 2. The van der Waals surface area contributed by atoms with Gasteiger partial charge in [0.25, 0.3) is 5.91 Å². The summed E-state index contributed by atoms with van der Waals surface area (Å²) in [6.45, 7) is 2.83. The molecule has 0 aliphatic rings. The maximum atomic E-state index is 12.1. The van der Waals surface area contributed by atoms with Crippen LogP contribution in [-0.2, 0) is 4.79 Å². The van der Waals surface area contributed by atoms with Crippen LogP contribution >= 0.6 is 11.6 Å². The van der Waals surface area contributed by atoms with Gasteiger partial charge < -0.3 is 16.0 Å². The van der Waals surface area contributed by atoms with Gasteiger partial charge in [-0.25, -0.2) is 0 Å². The number of nitrogens with one attached hydrogen (secondary N) is 3. The average Bonchev–Trinajstić information content (AvgIpc) is 2.60. The highest BCUT2D eigenvalue weighted by atomic mass is 35.5. The molecule has 0 heterocycles. The van der Waals surface area contributed by atoms with E-state index < -0.39 is 0 Å². The molecule has 0 fully saturated rings. The van der Waals surface area contributed by atoms with Crippen LogP contribution in [0.15, 0.2) is 48.5 Å². The van der Waals surface area contributed by atoms with Crippen LogP contribution < -0.4 is 16.0 Å². The highest BCUT2D eigenvalue weighted by molar-refractivity contribution is 6.30. The summed E-state index contributed by atoms with van der Waals surface area (Å²) in [6, 6.07) is 14.0. The number of hydrogen-bond acceptors (Lipinski definition) is 3. The van der Waals surface area contributed by atoms with Gasteiger partial charge in [-0.2, -0.15) is 0 Å². The maximum Gasteiger partial charge on any atom is 0.251 e. The van der Waals surface area contributed by atoms with Gasteiger partial charge in [-0.15, -0.1) is 0 Å². The lowest BCUT2D eigenvalue weighted by Crippen LogP contribution is -2.25. The minimum atomic E-state index is -0.194. The zero-order chi connectivity index (χ0) is 18.1. The van der Waals surface area contributed by atoms with Gasteiger partial charge in [-0.05, 0) is 42.8 Å². The molecular weight excluding hydrogens is 338 g/mol. The average molecular weight is 360 g/mol. The Bertz CT molecular complexity index is 734. The van der Waals surface area contributed by atoms with Gasteiger partial charge in [-0.3, -0.25) is 9.59 Å².